The van der Waals surface area contributed by atoms with Gasteiger partial charge in [-0.3, -0.25) is 0 Å². The molecule has 0 bridgehead atoms. The molecule has 0 atom stereocenters. The summed E-state index contributed by atoms with van der Waals surface area (Å²) in [5, 5.41) is 74.8. The summed E-state index contributed by atoms with van der Waals surface area (Å²) in [7, 11) is 0. The third-order valence-electron chi connectivity index (χ3n) is 20.5. The molecule has 0 fully saturated rings. The highest BCUT2D eigenvalue weighted by Crippen LogP contribution is 2.47. The summed E-state index contributed by atoms with van der Waals surface area (Å²) < 4.78 is 294. The summed E-state index contributed by atoms with van der Waals surface area (Å²) in [6.07, 6.45) is -15.1. The molecule has 0 N–H and O–H groups in total. The van der Waals surface area contributed by atoms with E-state index in [0.717, 1.165) is 48.5 Å². The van der Waals surface area contributed by atoms with Crippen LogP contribution in [0, 0.1) is 213 Å². The molecule has 6 aliphatic carbocycles. The zero-order valence-electron chi connectivity index (χ0n) is 62.7. The molecule has 128 heavy (non-hydrogen) atoms. The summed E-state index contributed by atoms with van der Waals surface area (Å²) >= 11 is 0. The van der Waals surface area contributed by atoms with Crippen molar-refractivity contribution in [3.05, 3.63) is 412 Å². The number of pyridine rings is 6. The topological polar surface area (TPSA) is 294 Å². The molecule has 6 aliphatic rings. The number of hydrogen-bond acceptors (Lipinski definition) is 14. The number of nitrogens with zero attached hydrogens (tertiary/aromatic N) is 20. The van der Waals surface area contributed by atoms with E-state index in [1.807, 2.05) is 12.1 Å². The number of hydrogen-bond donors (Lipinski definition) is 0. The van der Waals surface area contributed by atoms with Crippen LogP contribution in [0.1, 0.15) is 89.0 Å². The second-order valence-corrected chi connectivity index (χ2v) is 27.1. The van der Waals surface area contributed by atoms with Crippen molar-refractivity contribution in [3.63, 3.8) is 0 Å². The maximum Gasteiger partial charge on any atom is 0.523 e. The maximum atomic E-state index is 16.4. The van der Waals surface area contributed by atoms with Gasteiger partial charge >= 0.3 is 29.8 Å². The van der Waals surface area contributed by atoms with Gasteiger partial charge < -0.3 is 0 Å². The minimum atomic E-state index is -5.56. The first-order chi connectivity index (χ1) is 60.9. The van der Waals surface area contributed by atoms with Crippen LogP contribution in [0.3, 0.4) is 0 Å². The minimum Gasteiger partial charge on any atom is -0.206 e. The van der Waals surface area contributed by atoms with Gasteiger partial charge in [0, 0.05) is 130 Å². The van der Waals surface area contributed by atoms with Crippen LogP contribution in [0.25, 0.3) is 62.5 Å². The fourth-order valence-corrected chi connectivity index (χ4v) is 16.3. The van der Waals surface area contributed by atoms with Gasteiger partial charge in [0.1, 0.15) is 116 Å². The van der Waals surface area contributed by atoms with Crippen molar-refractivity contribution < 1.29 is 87.8 Å². The fourth-order valence-electron chi connectivity index (χ4n) is 16.3. The lowest BCUT2D eigenvalue weighted by Crippen LogP contribution is -2.36. The van der Waals surface area contributed by atoms with Gasteiger partial charge in [-0.1, -0.05) is 0 Å². The first kappa shape index (κ1) is 87.5. The quantitative estimate of drug-likeness (QED) is 0.0647. The molecule has 0 saturated carbocycles. The van der Waals surface area contributed by atoms with E-state index >= 15 is 35.1 Å². The molecule has 3 aromatic carbocycles. The lowest BCUT2D eigenvalue weighted by atomic mass is 9.91. The van der Waals surface area contributed by atoms with Crippen molar-refractivity contribution >= 4 is 33.4 Å². The smallest absolute Gasteiger partial charge is 0.206 e. The second-order valence-electron chi connectivity index (χ2n) is 27.1. The molecule has 616 valence electrons. The molecule has 0 spiro atoms. The Balaban J connectivity index is 0.000000164. The van der Waals surface area contributed by atoms with Crippen molar-refractivity contribution in [2.24, 2.45) is 0 Å². The maximum absolute atomic E-state index is 16.4. The summed E-state index contributed by atoms with van der Waals surface area (Å²) in [6, 6.07) is 21.5. The van der Waals surface area contributed by atoms with Crippen LogP contribution >= 0.6 is 0 Å². The number of benzene rings is 3. The number of allylic oxidation sites excluding steroid dienone is 9. The van der Waals surface area contributed by atoms with E-state index in [-0.39, 0.29) is 112 Å². The van der Waals surface area contributed by atoms with Crippen molar-refractivity contribution in [2.75, 3.05) is 0 Å². The van der Waals surface area contributed by atoms with Crippen molar-refractivity contribution in [1.82, 2.24) is 29.9 Å². The Hall–Kier alpha value is -18.3. The highest BCUT2D eigenvalue weighted by molar-refractivity contribution is 5.94. The largest absolute Gasteiger partial charge is 0.523 e. The summed E-state index contributed by atoms with van der Waals surface area (Å²) in [6.45, 7) is 44.4. The molecule has 0 amide bonds. The Morgan fingerprint density at radius 3 is 0.664 bits per heavy atom. The standard InChI is InChI=1S/C30H8F10N6.C30H8F4N8.C28H8F6N6/c1-43-28(44-2)17-8-16-25(23(17)12-5-20(33)46-21(34)6-12)26(29(35,36)37)15-7-14(13(9-41)10-42)22(24(15)27(16)30(38,39)40)11-3-18(31)45-19(32)4-11;1-39-30(40-2)19-8-18-21(12-38)28-17(20(11-37)29(18)27(19)14-5-24(33)42-25(34)6-14)7-16(15(9-35)10-36)26(28)13-3-22(31)41-23(32)4-13;1-37-28(38-2)17-8-16-25(23(17)12-5-20(31)40-21(32)6-12)26(33)15-7-14(13(9-35)10-36)22(24(15)27(16)34)11-3-18(29)39-19(30)4-11/h3-6H,7-8H2;3-6H,7-8H2;3-6H,7-8H2. The average molecular weight is 1740 g/mol. The Morgan fingerprint density at radius 2 is 0.438 bits per heavy atom. The van der Waals surface area contributed by atoms with Gasteiger partial charge in [-0.25, -0.2) is 8.78 Å². The van der Waals surface area contributed by atoms with Gasteiger partial charge in [0.25, 0.3) is 0 Å². The number of nitriles is 8. The molecular weight excluding hydrogens is 1720 g/mol. The van der Waals surface area contributed by atoms with Crippen LogP contribution in [0.15, 0.2) is 140 Å². The van der Waals surface area contributed by atoms with Gasteiger partial charge in [-0.15, -0.1) is 0 Å². The molecule has 0 aliphatic heterocycles. The van der Waals surface area contributed by atoms with E-state index in [1.165, 1.54) is 12.1 Å². The van der Waals surface area contributed by atoms with Crippen LogP contribution in [-0.2, 0) is 50.9 Å². The molecule has 0 unspecified atom stereocenters. The first-order valence-electron chi connectivity index (χ1n) is 35.1. The fraction of sp³-hybridized carbons (Fsp3) is 0.0909. The number of rotatable bonds is 6. The molecule has 9 aromatic rings. The number of aromatic nitrogens is 6. The zero-order valence-corrected chi connectivity index (χ0v) is 62.7. The molecule has 15 rings (SSSR count). The highest BCUT2D eigenvalue weighted by Gasteiger charge is 2.50. The predicted octanol–water partition coefficient (Wildman–Crippen LogP) is 13.9. The van der Waals surface area contributed by atoms with E-state index < -0.39 is 243 Å². The second kappa shape index (κ2) is 33.6. The van der Waals surface area contributed by atoms with Crippen LogP contribution in [0.5, 0.6) is 0 Å². The lowest BCUT2D eigenvalue weighted by molar-refractivity contribution is -0.143. The van der Waals surface area contributed by atoms with Gasteiger partial charge in [0.15, 0.2) is 0 Å². The highest BCUT2D eigenvalue weighted by atomic mass is 19.4. The SMILES string of the molecule is [C-]#[N+]C([N+]#[C-])=C1Cc2c(C#N)c3c(c(C#N)c2=C1c1cc(F)nc(F)c1)CC(=C(C#N)C#N)C=3c1cc(F)nc(F)c1.[C-]#[N+]C([N+]#[C-])=C1Cc2c(C(F)(F)F)c3c(c(C(F)(F)F)c2=C1c1cc(F)nc(F)c1)CC(=C(C#N)C#N)C=3c1cc(F)nc(F)c1.[C-]#[N+]C([N+]#[C-])=C1Cc2c(F)c3c(c(F)c2=C1c1cc(F)nc(F)c1)CC(=C(C#N)C#N)C=3c1cc(F)nc(F)c1. The number of fused-ring (bicyclic) bond motifs is 6. The number of alkyl halides is 6. The Morgan fingerprint density at radius 1 is 0.258 bits per heavy atom. The lowest BCUT2D eigenvalue weighted by Gasteiger charge is -2.19. The van der Waals surface area contributed by atoms with E-state index in [4.69, 9.17) is 39.4 Å². The molecule has 0 saturated heterocycles. The molecule has 20 nitrogen and oxygen atoms in total. The third-order valence-corrected chi connectivity index (χ3v) is 20.5. The van der Waals surface area contributed by atoms with Crippen LogP contribution in [-0.4, -0.2) is 29.9 Å². The van der Waals surface area contributed by atoms with Gasteiger partial charge in [-0.2, -0.15) is 180 Å². The molecule has 0 radical (unpaired) electrons. The number of halogens is 20. The van der Waals surface area contributed by atoms with E-state index in [2.05, 4.69) is 59.0 Å². The van der Waals surface area contributed by atoms with E-state index in [1.54, 1.807) is 24.3 Å². The van der Waals surface area contributed by atoms with Crippen molar-refractivity contribution in [3.8, 4) is 48.6 Å². The average Bonchev–Trinajstić information content (AvgIpc) is 1.57. The zero-order chi connectivity index (χ0) is 93.0. The summed E-state index contributed by atoms with van der Waals surface area (Å²) in [4.78, 5) is 36.3. The Bertz CT molecular complexity index is 7400. The summed E-state index contributed by atoms with van der Waals surface area (Å²) in [5.41, 5.74) is -15.6. The molecule has 6 aromatic heterocycles. The van der Waals surface area contributed by atoms with E-state index in [9.17, 15) is 94.8 Å². The molecule has 40 heteroatoms. The van der Waals surface area contributed by atoms with Crippen molar-refractivity contribution in [1.29, 1.82) is 42.1 Å². The van der Waals surface area contributed by atoms with Gasteiger partial charge in [-0.05, 0) is 129 Å². The minimum absolute atomic E-state index is 0.00186. The van der Waals surface area contributed by atoms with Crippen LogP contribution in [0.4, 0.5) is 87.8 Å². The monoisotopic (exact) mass is 1740 g/mol. The normalized spacial score (nSPS) is 13.3. The van der Waals surface area contributed by atoms with Gasteiger partial charge in [0.2, 0.25) is 71.4 Å². The Labute approximate surface area is 702 Å². The van der Waals surface area contributed by atoms with Crippen LogP contribution < -0.4 is 31.3 Å². The van der Waals surface area contributed by atoms with Crippen LogP contribution in [0.2, 0.25) is 0 Å². The summed E-state index contributed by atoms with van der Waals surface area (Å²) in [5.74, 6) is -20.7. The van der Waals surface area contributed by atoms with E-state index in [0.29, 0.717) is 24.3 Å². The molecular formula is C88H24F20N20. The first-order valence-corrected chi connectivity index (χ1v) is 35.1. The van der Waals surface area contributed by atoms with Crippen molar-refractivity contribution in [2.45, 2.75) is 50.9 Å². The Kier molecular flexibility index (Phi) is 23.0. The van der Waals surface area contributed by atoms with Gasteiger partial charge in [0.05, 0.1) is 39.0 Å². The molecule has 6 heterocycles. The third kappa shape index (κ3) is 15.0. The predicted molar refractivity (Wildman–Crippen MR) is 394 cm³/mol.